The van der Waals surface area contributed by atoms with E-state index in [1.54, 1.807) is 49.1 Å². The fourth-order valence-electron chi connectivity index (χ4n) is 3.18. The standard InChI is InChI=1S/C24H23N5O3/c1-2-17-6-8-18(9-7-17)21-15-23(32-28-21)27-24(31)19-4-3-5-20(14-19)26-22(30)10-12-29-13-11-25-16-29/h3-9,11,13-16H,2,10,12H2,1H3,(H,26,30)(H,27,31). The molecule has 4 rings (SSSR count). The van der Waals surface area contributed by atoms with Crippen LogP contribution in [-0.4, -0.2) is 26.5 Å². The van der Waals surface area contributed by atoms with Crippen molar-refractivity contribution in [1.82, 2.24) is 14.7 Å². The molecular weight excluding hydrogens is 406 g/mol. The number of rotatable bonds is 8. The van der Waals surface area contributed by atoms with Crippen molar-refractivity contribution >= 4 is 23.4 Å². The Hall–Kier alpha value is -4.20. The van der Waals surface area contributed by atoms with Crippen LogP contribution >= 0.6 is 0 Å². The molecule has 0 saturated carbocycles. The third kappa shape index (κ3) is 5.28. The largest absolute Gasteiger partial charge is 0.338 e. The molecule has 0 unspecified atom stereocenters. The Bertz CT molecular complexity index is 1200. The topological polar surface area (TPSA) is 102 Å². The number of hydrogen-bond donors (Lipinski definition) is 2. The maximum Gasteiger partial charge on any atom is 0.258 e. The van der Waals surface area contributed by atoms with Crippen LogP contribution in [0.4, 0.5) is 11.6 Å². The number of aryl methyl sites for hydroxylation is 2. The van der Waals surface area contributed by atoms with Crippen LogP contribution in [0.5, 0.6) is 0 Å². The van der Waals surface area contributed by atoms with Crippen molar-refractivity contribution in [3.63, 3.8) is 0 Å². The molecule has 2 heterocycles. The third-order valence-electron chi connectivity index (χ3n) is 4.97. The Morgan fingerprint density at radius 2 is 1.91 bits per heavy atom. The summed E-state index contributed by atoms with van der Waals surface area (Å²) >= 11 is 0. The van der Waals surface area contributed by atoms with Gasteiger partial charge in [0, 0.05) is 48.2 Å². The van der Waals surface area contributed by atoms with E-state index in [4.69, 9.17) is 4.52 Å². The third-order valence-corrected chi connectivity index (χ3v) is 4.97. The van der Waals surface area contributed by atoms with Gasteiger partial charge in [-0.15, -0.1) is 0 Å². The number of nitrogens with zero attached hydrogens (tertiary/aromatic N) is 3. The average molecular weight is 429 g/mol. The lowest BCUT2D eigenvalue weighted by atomic mass is 10.1. The van der Waals surface area contributed by atoms with Crippen LogP contribution in [0, 0.1) is 0 Å². The highest BCUT2D eigenvalue weighted by Gasteiger charge is 2.13. The maximum absolute atomic E-state index is 12.6. The van der Waals surface area contributed by atoms with Crippen LogP contribution in [0.25, 0.3) is 11.3 Å². The van der Waals surface area contributed by atoms with E-state index in [1.165, 1.54) is 5.56 Å². The molecule has 162 valence electrons. The Morgan fingerprint density at radius 3 is 2.66 bits per heavy atom. The molecule has 0 bridgehead atoms. The van der Waals surface area contributed by atoms with E-state index in [1.807, 2.05) is 28.8 Å². The number of carbonyl (C=O) groups is 2. The molecule has 2 aromatic carbocycles. The molecule has 0 atom stereocenters. The number of nitrogens with one attached hydrogen (secondary N) is 2. The van der Waals surface area contributed by atoms with Crippen molar-refractivity contribution in [1.29, 1.82) is 0 Å². The van der Waals surface area contributed by atoms with Crippen LogP contribution in [0.15, 0.2) is 77.8 Å². The lowest BCUT2D eigenvalue weighted by molar-refractivity contribution is -0.116. The molecule has 4 aromatic rings. The normalized spacial score (nSPS) is 10.7. The van der Waals surface area contributed by atoms with Gasteiger partial charge in [0.05, 0.1) is 6.33 Å². The molecule has 0 aliphatic rings. The van der Waals surface area contributed by atoms with E-state index >= 15 is 0 Å². The molecule has 0 aliphatic heterocycles. The molecule has 8 nitrogen and oxygen atoms in total. The predicted molar refractivity (Wildman–Crippen MR) is 121 cm³/mol. The minimum Gasteiger partial charge on any atom is -0.338 e. The Morgan fingerprint density at radius 1 is 1.06 bits per heavy atom. The fourth-order valence-corrected chi connectivity index (χ4v) is 3.18. The molecule has 0 spiro atoms. The second-order valence-electron chi connectivity index (χ2n) is 7.26. The van der Waals surface area contributed by atoms with Gasteiger partial charge in [-0.1, -0.05) is 42.4 Å². The highest BCUT2D eigenvalue weighted by atomic mass is 16.5. The van der Waals surface area contributed by atoms with Crippen molar-refractivity contribution in [3.05, 3.63) is 84.4 Å². The molecule has 0 saturated heterocycles. The van der Waals surface area contributed by atoms with Gasteiger partial charge in [-0.25, -0.2) is 4.98 Å². The first kappa shape index (κ1) is 21.0. The van der Waals surface area contributed by atoms with E-state index in [2.05, 4.69) is 27.7 Å². The molecule has 0 aliphatic carbocycles. The zero-order chi connectivity index (χ0) is 22.3. The van der Waals surface area contributed by atoms with Gasteiger partial charge in [0.1, 0.15) is 5.69 Å². The van der Waals surface area contributed by atoms with Crippen LogP contribution in [0.1, 0.15) is 29.3 Å². The molecule has 0 fully saturated rings. The number of benzene rings is 2. The van der Waals surface area contributed by atoms with E-state index in [0.29, 0.717) is 29.9 Å². The average Bonchev–Trinajstić information content (AvgIpc) is 3.50. The number of hydrogen-bond acceptors (Lipinski definition) is 5. The van der Waals surface area contributed by atoms with Crippen molar-refractivity contribution in [2.75, 3.05) is 10.6 Å². The highest BCUT2D eigenvalue weighted by Crippen LogP contribution is 2.23. The van der Waals surface area contributed by atoms with Crippen molar-refractivity contribution in [3.8, 4) is 11.3 Å². The van der Waals surface area contributed by atoms with Gasteiger partial charge in [0.2, 0.25) is 11.8 Å². The minimum absolute atomic E-state index is 0.148. The number of amides is 2. The highest BCUT2D eigenvalue weighted by molar-refractivity contribution is 6.04. The van der Waals surface area contributed by atoms with Gasteiger partial charge in [-0.2, -0.15) is 0 Å². The smallest absolute Gasteiger partial charge is 0.258 e. The summed E-state index contributed by atoms with van der Waals surface area (Å²) in [6.45, 7) is 2.63. The summed E-state index contributed by atoms with van der Waals surface area (Å²) in [7, 11) is 0. The minimum atomic E-state index is -0.358. The summed E-state index contributed by atoms with van der Waals surface area (Å²) in [6.07, 6.45) is 6.39. The van der Waals surface area contributed by atoms with Crippen LogP contribution in [-0.2, 0) is 17.8 Å². The number of imidazole rings is 1. The van der Waals surface area contributed by atoms with Crippen LogP contribution in [0.2, 0.25) is 0 Å². The monoisotopic (exact) mass is 429 g/mol. The van der Waals surface area contributed by atoms with Crippen molar-refractivity contribution in [2.24, 2.45) is 0 Å². The van der Waals surface area contributed by atoms with Crippen LogP contribution in [0.3, 0.4) is 0 Å². The Labute approximate surface area is 185 Å². The first-order valence-corrected chi connectivity index (χ1v) is 10.3. The van der Waals surface area contributed by atoms with Crippen molar-refractivity contribution < 1.29 is 14.1 Å². The Kier molecular flexibility index (Phi) is 6.41. The van der Waals surface area contributed by atoms with E-state index in [0.717, 1.165) is 12.0 Å². The Balaban J connectivity index is 1.36. The molecular formula is C24H23N5O3. The molecule has 2 amide bonds. The van der Waals surface area contributed by atoms with Crippen molar-refractivity contribution in [2.45, 2.75) is 26.3 Å². The zero-order valence-corrected chi connectivity index (χ0v) is 17.6. The van der Waals surface area contributed by atoms with Gasteiger partial charge < -0.3 is 14.4 Å². The fraction of sp³-hybridized carbons (Fsp3) is 0.167. The first-order valence-electron chi connectivity index (χ1n) is 10.3. The molecule has 2 N–H and O–H groups in total. The molecule has 32 heavy (non-hydrogen) atoms. The maximum atomic E-state index is 12.6. The predicted octanol–water partition coefficient (Wildman–Crippen LogP) is 4.38. The lowest BCUT2D eigenvalue weighted by Gasteiger charge is -2.07. The molecule has 8 heteroatoms. The molecule has 0 radical (unpaired) electrons. The summed E-state index contributed by atoms with van der Waals surface area (Å²) in [5.74, 6) is -0.256. The van der Waals surface area contributed by atoms with E-state index < -0.39 is 0 Å². The van der Waals surface area contributed by atoms with Gasteiger partial charge in [-0.3, -0.25) is 14.9 Å². The number of aromatic nitrogens is 3. The molecule has 2 aromatic heterocycles. The number of carbonyl (C=O) groups excluding carboxylic acids is 2. The summed E-state index contributed by atoms with van der Waals surface area (Å²) in [6, 6.07) is 16.4. The van der Waals surface area contributed by atoms with Crippen LogP contribution < -0.4 is 10.6 Å². The lowest BCUT2D eigenvalue weighted by Crippen LogP contribution is -2.15. The zero-order valence-electron chi connectivity index (χ0n) is 17.6. The summed E-state index contributed by atoms with van der Waals surface area (Å²) < 4.78 is 7.10. The van der Waals surface area contributed by atoms with Gasteiger partial charge in [-0.05, 0) is 30.2 Å². The quantitative estimate of drug-likeness (QED) is 0.433. The summed E-state index contributed by atoms with van der Waals surface area (Å²) in [5, 5.41) is 9.55. The summed E-state index contributed by atoms with van der Waals surface area (Å²) in [4.78, 5) is 28.8. The second kappa shape index (κ2) is 9.74. The van der Waals surface area contributed by atoms with E-state index in [9.17, 15) is 9.59 Å². The second-order valence-corrected chi connectivity index (χ2v) is 7.26. The van der Waals surface area contributed by atoms with Gasteiger partial charge in [0.15, 0.2) is 0 Å². The summed E-state index contributed by atoms with van der Waals surface area (Å²) in [5.41, 5.74) is 3.72. The SMILES string of the molecule is CCc1ccc(-c2cc(NC(=O)c3cccc(NC(=O)CCn4ccnc4)c3)on2)cc1. The van der Waals surface area contributed by atoms with E-state index in [-0.39, 0.29) is 17.7 Å². The van der Waals surface area contributed by atoms with Gasteiger partial charge in [0.25, 0.3) is 5.91 Å². The first-order chi connectivity index (χ1) is 15.6. The van der Waals surface area contributed by atoms with Gasteiger partial charge >= 0.3 is 0 Å². The number of anilines is 2.